The van der Waals surface area contributed by atoms with Crippen molar-refractivity contribution < 1.29 is 19.1 Å². The average molecular weight is 355 g/mol. The summed E-state index contributed by atoms with van der Waals surface area (Å²) in [4.78, 5) is 23.4. The minimum atomic E-state index is -0.0559. The molecule has 5 nitrogen and oxygen atoms in total. The van der Waals surface area contributed by atoms with Gasteiger partial charge in [-0.25, -0.2) is 0 Å². The second kappa shape index (κ2) is 10.4. The molecular weight excluding hydrogens is 330 g/mol. The van der Waals surface area contributed by atoms with Crippen molar-refractivity contribution in [2.75, 3.05) is 18.5 Å². The Hall–Kier alpha value is -2.66. The molecule has 0 fully saturated rings. The summed E-state index contributed by atoms with van der Waals surface area (Å²) in [6.07, 6.45) is 0.955. The van der Waals surface area contributed by atoms with Gasteiger partial charge in [-0.15, -0.1) is 0 Å². The molecule has 0 atom stereocenters. The predicted molar refractivity (Wildman–Crippen MR) is 102 cm³/mol. The summed E-state index contributed by atoms with van der Waals surface area (Å²) in [5.41, 5.74) is 2.41. The van der Waals surface area contributed by atoms with E-state index in [4.69, 9.17) is 9.47 Å². The minimum Gasteiger partial charge on any atom is -0.494 e. The smallest absolute Gasteiger partial charge is 0.224 e. The van der Waals surface area contributed by atoms with Gasteiger partial charge in [0.15, 0.2) is 5.78 Å². The van der Waals surface area contributed by atoms with Crippen molar-refractivity contribution in [1.29, 1.82) is 0 Å². The third-order valence-electron chi connectivity index (χ3n) is 3.74. The van der Waals surface area contributed by atoms with Crippen molar-refractivity contribution in [2.45, 2.75) is 33.3 Å². The number of ketones is 1. The van der Waals surface area contributed by atoms with Crippen molar-refractivity contribution in [3.8, 4) is 5.75 Å². The fraction of sp³-hybridized carbons (Fsp3) is 0.333. The Morgan fingerprint density at radius 2 is 1.88 bits per heavy atom. The molecule has 0 aliphatic carbocycles. The zero-order chi connectivity index (χ0) is 18.8. The number of carbonyl (C=O) groups is 2. The van der Waals surface area contributed by atoms with Gasteiger partial charge in [-0.2, -0.15) is 0 Å². The van der Waals surface area contributed by atoms with E-state index in [2.05, 4.69) is 5.32 Å². The Labute approximate surface area is 154 Å². The van der Waals surface area contributed by atoms with Crippen molar-refractivity contribution in [3.63, 3.8) is 0 Å². The van der Waals surface area contributed by atoms with Gasteiger partial charge in [0.05, 0.1) is 13.2 Å². The van der Waals surface area contributed by atoms with Gasteiger partial charge >= 0.3 is 0 Å². The number of amides is 1. The largest absolute Gasteiger partial charge is 0.494 e. The molecule has 2 rings (SSSR count). The van der Waals surface area contributed by atoms with Gasteiger partial charge in [-0.1, -0.05) is 24.3 Å². The SMILES string of the molecule is CCOCc1cccc(NC(=O)CCCOc2cccc(C(C)=O)c2)c1. The molecule has 0 heterocycles. The lowest BCUT2D eigenvalue weighted by molar-refractivity contribution is -0.116. The lowest BCUT2D eigenvalue weighted by Gasteiger charge is -2.09. The highest BCUT2D eigenvalue weighted by atomic mass is 16.5. The lowest BCUT2D eigenvalue weighted by Crippen LogP contribution is -2.13. The van der Waals surface area contributed by atoms with Crippen LogP contribution in [0.25, 0.3) is 0 Å². The third-order valence-corrected chi connectivity index (χ3v) is 3.74. The van der Waals surface area contributed by atoms with E-state index in [1.165, 1.54) is 6.92 Å². The van der Waals surface area contributed by atoms with E-state index in [1.807, 2.05) is 31.2 Å². The number of hydrogen-bond acceptors (Lipinski definition) is 4. The zero-order valence-electron chi connectivity index (χ0n) is 15.3. The molecule has 0 unspecified atom stereocenters. The summed E-state index contributed by atoms with van der Waals surface area (Å²) >= 11 is 0. The Balaban J connectivity index is 1.74. The number of ether oxygens (including phenoxy) is 2. The van der Waals surface area contributed by atoms with Gasteiger partial charge in [0.2, 0.25) is 5.91 Å². The standard InChI is InChI=1S/C21H25NO4/c1-3-25-15-17-7-4-9-19(13-17)22-21(24)11-6-12-26-20-10-5-8-18(14-20)16(2)23/h4-5,7-10,13-14H,3,6,11-12,15H2,1-2H3,(H,22,24). The average Bonchev–Trinajstić information content (AvgIpc) is 2.64. The van der Waals surface area contributed by atoms with E-state index >= 15 is 0 Å². The molecule has 0 saturated carbocycles. The van der Waals surface area contributed by atoms with Crippen LogP contribution in [-0.2, 0) is 16.1 Å². The van der Waals surface area contributed by atoms with Gasteiger partial charge in [0, 0.05) is 24.3 Å². The van der Waals surface area contributed by atoms with E-state index in [0.717, 1.165) is 11.3 Å². The Morgan fingerprint density at radius 3 is 2.65 bits per heavy atom. The number of Topliss-reactive ketones (excluding diaryl/α,β-unsaturated/α-hetero) is 1. The summed E-state index contributed by atoms with van der Waals surface area (Å²) in [7, 11) is 0. The van der Waals surface area contributed by atoms with Crippen LogP contribution < -0.4 is 10.1 Å². The van der Waals surface area contributed by atoms with Gasteiger partial charge < -0.3 is 14.8 Å². The second-order valence-electron chi connectivity index (χ2n) is 5.92. The molecule has 138 valence electrons. The Kier molecular flexibility index (Phi) is 7.83. The van der Waals surface area contributed by atoms with E-state index in [9.17, 15) is 9.59 Å². The van der Waals surface area contributed by atoms with Crippen LogP contribution in [0.15, 0.2) is 48.5 Å². The molecule has 0 aliphatic rings. The van der Waals surface area contributed by atoms with Gasteiger partial charge in [-0.05, 0) is 50.1 Å². The van der Waals surface area contributed by atoms with Crippen molar-refractivity contribution in [1.82, 2.24) is 0 Å². The van der Waals surface area contributed by atoms with E-state index in [0.29, 0.717) is 44.0 Å². The molecular formula is C21H25NO4. The molecule has 1 N–H and O–H groups in total. The normalized spacial score (nSPS) is 10.4. The van der Waals surface area contributed by atoms with Crippen LogP contribution in [0.5, 0.6) is 5.75 Å². The molecule has 0 spiro atoms. The first-order valence-corrected chi connectivity index (χ1v) is 8.79. The Bertz CT molecular complexity index is 742. The molecule has 0 saturated heterocycles. The highest BCUT2D eigenvalue weighted by molar-refractivity contribution is 5.94. The minimum absolute atomic E-state index is 0.00129. The monoisotopic (exact) mass is 355 g/mol. The first kappa shape index (κ1) is 19.7. The number of nitrogens with one attached hydrogen (secondary N) is 1. The molecule has 0 radical (unpaired) electrons. The highest BCUT2D eigenvalue weighted by Crippen LogP contribution is 2.15. The van der Waals surface area contributed by atoms with Crippen molar-refractivity contribution >= 4 is 17.4 Å². The number of carbonyl (C=O) groups excluding carboxylic acids is 2. The summed E-state index contributed by atoms with van der Waals surface area (Å²) in [6, 6.07) is 14.7. The lowest BCUT2D eigenvalue weighted by atomic mass is 10.1. The van der Waals surface area contributed by atoms with Crippen LogP contribution in [0.1, 0.15) is 42.6 Å². The summed E-state index contributed by atoms with van der Waals surface area (Å²) in [5.74, 6) is 0.586. The van der Waals surface area contributed by atoms with Crippen LogP contribution in [0.3, 0.4) is 0 Å². The first-order chi connectivity index (χ1) is 12.6. The zero-order valence-corrected chi connectivity index (χ0v) is 15.3. The number of benzene rings is 2. The first-order valence-electron chi connectivity index (χ1n) is 8.79. The Morgan fingerprint density at radius 1 is 1.08 bits per heavy atom. The number of rotatable bonds is 10. The topological polar surface area (TPSA) is 64.6 Å². The molecule has 1 amide bonds. The van der Waals surface area contributed by atoms with E-state index in [1.54, 1.807) is 24.3 Å². The summed E-state index contributed by atoms with van der Waals surface area (Å²) < 4.78 is 11.0. The molecule has 26 heavy (non-hydrogen) atoms. The van der Waals surface area contributed by atoms with Crippen LogP contribution >= 0.6 is 0 Å². The molecule has 2 aromatic carbocycles. The fourth-order valence-corrected chi connectivity index (χ4v) is 2.41. The maximum Gasteiger partial charge on any atom is 0.224 e. The van der Waals surface area contributed by atoms with Gasteiger partial charge in [0.25, 0.3) is 0 Å². The molecule has 0 aliphatic heterocycles. The van der Waals surface area contributed by atoms with E-state index in [-0.39, 0.29) is 11.7 Å². The van der Waals surface area contributed by atoms with Crippen LogP contribution in [0.2, 0.25) is 0 Å². The second-order valence-corrected chi connectivity index (χ2v) is 5.92. The van der Waals surface area contributed by atoms with Gasteiger partial charge in [0.1, 0.15) is 5.75 Å². The maximum absolute atomic E-state index is 12.0. The van der Waals surface area contributed by atoms with Crippen molar-refractivity contribution in [2.24, 2.45) is 0 Å². The quantitative estimate of drug-likeness (QED) is 0.512. The molecule has 0 aromatic heterocycles. The maximum atomic E-state index is 12.0. The van der Waals surface area contributed by atoms with Crippen LogP contribution in [0, 0.1) is 0 Å². The van der Waals surface area contributed by atoms with Crippen molar-refractivity contribution in [3.05, 3.63) is 59.7 Å². The number of anilines is 1. The molecule has 0 bridgehead atoms. The summed E-state index contributed by atoms with van der Waals surface area (Å²) in [5, 5.41) is 2.89. The molecule has 2 aromatic rings. The summed E-state index contributed by atoms with van der Waals surface area (Å²) in [6.45, 7) is 5.08. The third kappa shape index (κ3) is 6.69. The van der Waals surface area contributed by atoms with Crippen LogP contribution in [-0.4, -0.2) is 24.9 Å². The van der Waals surface area contributed by atoms with E-state index < -0.39 is 0 Å². The highest BCUT2D eigenvalue weighted by Gasteiger charge is 2.05. The predicted octanol–water partition coefficient (Wildman–Crippen LogP) is 4.22. The molecule has 5 heteroatoms. The van der Waals surface area contributed by atoms with Gasteiger partial charge in [-0.3, -0.25) is 9.59 Å². The number of hydrogen-bond donors (Lipinski definition) is 1. The van der Waals surface area contributed by atoms with Crippen LogP contribution in [0.4, 0.5) is 5.69 Å². The fourth-order valence-electron chi connectivity index (χ4n) is 2.41.